The zero-order valence-electron chi connectivity index (χ0n) is 11.4. The van der Waals surface area contributed by atoms with Gasteiger partial charge in [-0.2, -0.15) is 0 Å². The third-order valence-electron chi connectivity index (χ3n) is 3.70. The van der Waals surface area contributed by atoms with Gasteiger partial charge in [0.25, 0.3) is 5.91 Å². The molecule has 0 atom stereocenters. The van der Waals surface area contributed by atoms with Crippen molar-refractivity contribution in [2.24, 2.45) is 0 Å². The maximum Gasteiger partial charge on any atom is 0.289 e. The predicted octanol–water partition coefficient (Wildman–Crippen LogP) is 2.97. The van der Waals surface area contributed by atoms with E-state index in [0.29, 0.717) is 5.76 Å². The highest BCUT2D eigenvalue weighted by atomic mass is 79.9. The molecule has 0 spiro atoms. The topological polar surface area (TPSA) is 36.7 Å². The molecule has 0 saturated carbocycles. The summed E-state index contributed by atoms with van der Waals surface area (Å²) in [7, 11) is 2.09. The number of fused-ring (bicyclic) bond motifs is 1. The Labute approximate surface area is 126 Å². The lowest BCUT2D eigenvalue weighted by molar-refractivity contribution is 0.0733. The van der Waals surface area contributed by atoms with Gasteiger partial charge in [-0.1, -0.05) is 15.9 Å². The maximum atomic E-state index is 12.5. The van der Waals surface area contributed by atoms with E-state index in [-0.39, 0.29) is 5.91 Å². The second-order valence-electron chi connectivity index (χ2n) is 5.24. The van der Waals surface area contributed by atoms with Gasteiger partial charge in [-0.05, 0) is 44.3 Å². The second-order valence-corrected chi connectivity index (χ2v) is 6.16. The number of furan rings is 1. The molecule has 20 heavy (non-hydrogen) atoms. The van der Waals surface area contributed by atoms with Crippen molar-refractivity contribution in [3.63, 3.8) is 0 Å². The van der Waals surface area contributed by atoms with Crippen LogP contribution in [0.5, 0.6) is 0 Å². The molecule has 2 aromatic rings. The number of hydrogen-bond acceptors (Lipinski definition) is 3. The number of nitrogens with zero attached hydrogens (tertiary/aromatic N) is 2. The van der Waals surface area contributed by atoms with Crippen molar-refractivity contribution < 1.29 is 9.21 Å². The van der Waals surface area contributed by atoms with Crippen LogP contribution >= 0.6 is 15.9 Å². The standard InChI is InChI=1S/C15H17BrN2O2/c1-17-5-2-6-18(8-7-17)15(19)14-10-11-9-12(16)3-4-13(11)20-14/h3-4,9-10H,2,5-8H2,1H3. The van der Waals surface area contributed by atoms with E-state index in [2.05, 4.69) is 27.9 Å². The summed E-state index contributed by atoms with van der Waals surface area (Å²) in [5.41, 5.74) is 0.753. The van der Waals surface area contributed by atoms with Crippen molar-refractivity contribution in [2.75, 3.05) is 33.2 Å². The molecule has 1 fully saturated rings. The molecule has 1 aromatic heterocycles. The van der Waals surface area contributed by atoms with Crippen LogP contribution in [0.4, 0.5) is 0 Å². The van der Waals surface area contributed by atoms with Crippen LogP contribution in [0.15, 0.2) is 33.2 Å². The van der Waals surface area contributed by atoms with Crippen molar-refractivity contribution in [3.8, 4) is 0 Å². The smallest absolute Gasteiger partial charge is 0.289 e. The highest BCUT2D eigenvalue weighted by molar-refractivity contribution is 9.10. The number of benzene rings is 1. The summed E-state index contributed by atoms with van der Waals surface area (Å²) >= 11 is 3.43. The molecule has 0 radical (unpaired) electrons. The number of halogens is 1. The van der Waals surface area contributed by atoms with E-state index in [9.17, 15) is 4.79 Å². The molecule has 1 saturated heterocycles. The van der Waals surface area contributed by atoms with Gasteiger partial charge in [0.15, 0.2) is 5.76 Å². The third kappa shape index (κ3) is 2.74. The van der Waals surface area contributed by atoms with Crippen LogP contribution in [-0.2, 0) is 0 Å². The van der Waals surface area contributed by atoms with Crippen molar-refractivity contribution in [2.45, 2.75) is 6.42 Å². The van der Waals surface area contributed by atoms with Gasteiger partial charge in [0, 0.05) is 29.5 Å². The minimum Gasteiger partial charge on any atom is -0.451 e. The predicted molar refractivity (Wildman–Crippen MR) is 81.9 cm³/mol. The molecule has 1 amide bonds. The van der Waals surface area contributed by atoms with E-state index in [0.717, 1.165) is 48.0 Å². The first-order chi connectivity index (χ1) is 9.63. The van der Waals surface area contributed by atoms with Crippen LogP contribution in [0.2, 0.25) is 0 Å². The van der Waals surface area contributed by atoms with E-state index >= 15 is 0 Å². The minimum atomic E-state index is -0.00683. The van der Waals surface area contributed by atoms with Crippen molar-refractivity contribution in [1.82, 2.24) is 9.80 Å². The Morgan fingerprint density at radius 3 is 2.90 bits per heavy atom. The summed E-state index contributed by atoms with van der Waals surface area (Å²) in [6.45, 7) is 3.51. The van der Waals surface area contributed by atoms with E-state index in [4.69, 9.17) is 4.42 Å². The third-order valence-corrected chi connectivity index (χ3v) is 4.19. The van der Waals surface area contributed by atoms with Gasteiger partial charge in [0.2, 0.25) is 0 Å². The number of likely N-dealkylation sites (N-methyl/N-ethyl adjacent to an activating group) is 1. The van der Waals surface area contributed by atoms with Gasteiger partial charge < -0.3 is 14.2 Å². The van der Waals surface area contributed by atoms with Crippen LogP contribution in [0.3, 0.4) is 0 Å². The molecule has 3 rings (SSSR count). The Kier molecular flexibility index (Phi) is 3.81. The lowest BCUT2D eigenvalue weighted by Gasteiger charge is -2.18. The molecule has 1 aliphatic heterocycles. The van der Waals surface area contributed by atoms with E-state index in [1.807, 2.05) is 29.2 Å². The molecule has 1 aromatic carbocycles. The van der Waals surface area contributed by atoms with Gasteiger partial charge in [-0.3, -0.25) is 4.79 Å². The molecule has 0 unspecified atom stereocenters. The van der Waals surface area contributed by atoms with E-state index < -0.39 is 0 Å². The SMILES string of the molecule is CN1CCCN(C(=O)c2cc3cc(Br)ccc3o2)CC1. The molecule has 4 nitrogen and oxygen atoms in total. The number of amides is 1. The second kappa shape index (κ2) is 5.58. The van der Waals surface area contributed by atoms with Crippen LogP contribution in [0.1, 0.15) is 17.0 Å². The molecule has 0 N–H and O–H groups in total. The minimum absolute atomic E-state index is 0.00683. The summed E-state index contributed by atoms with van der Waals surface area (Å²) in [6.07, 6.45) is 1.01. The van der Waals surface area contributed by atoms with Gasteiger partial charge in [-0.25, -0.2) is 0 Å². The average Bonchev–Trinajstić information content (AvgIpc) is 2.72. The fourth-order valence-corrected chi connectivity index (χ4v) is 2.90. The fourth-order valence-electron chi connectivity index (χ4n) is 2.53. The van der Waals surface area contributed by atoms with Crippen molar-refractivity contribution in [3.05, 3.63) is 34.5 Å². The fraction of sp³-hybridized carbons (Fsp3) is 0.400. The van der Waals surface area contributed by atoms with E-state index in [1.54, 1.807) is 0 Å². The summed E-state index contributed by atoms with van der Waals surface area (Å²) in [6, 6.07) is 7.59. The Balaban J connectivity index is 1.84. The van der Waals surface area contributed by atoms with Crippen molar-refractivity contribution >= 4 is 32.8 Å². The first kappa shape index (κ1) is 13.6. The van der Waals surface area contributed by atoms with Gasteiger partial charge in [0.1, 0.15) is 5.58 Å². The number of carbonyl (C=O) groups is 1. The van der Waals surface area contributed by atoms with Crippen LogP contribution in [0, 0.1) is 0 Å². The molecule has 0 bridgehead atoms. The average molecular weight is 337 g/mol. The van der Waals surface area contributed by atoms with E-state index in [1.165, 1.54) is 0 Å². The molecule has 2 heterocycles. The zero-order chi connectivity index (χ0) is 14.1. The lowest BCUT2D eigenvalue weighted by Crippen LogP contribution is -2.34. The molecular formula is C15H17BrN2O2. The first-order valence-corrected chi connectivity index (χ1v) is 7.60. The Morgan fingerprint density at radius 1 is 1.20 bits per heavy atom. The zero-order valence-corrected chi connectivity index (χ0v) is 13.0. The molecule has 1 aliphatic rings. The monoisotopic (exact) mass is 336 g/mol. The highest BCUT2D eigenvalue weighted by Crippen LogP contribution is 2.24. The van der Waals surface area contributed by atoms with Gasteiger partial charge >= 0.3 is 0 Å². The largest absolute Gasteiger partial charge is 0.451 e. The summed E-state index contributed by atoms with van der Waals surface area (Å²) in [5.74, 6) is 0.426. The highest BCUT2D eigenvalue weighted by Gasteiger charge is 2.21. The summed E-state index contributed by atoms with van der Waals surface area (Å²) in [4.78, 5) is 16.7. The van der Waals surface area contributed by atoms with Gasteiger partial charge in [0.05, 0.1) is 0 Å². The maximum absolute atomic E-state index is 12.5. The van der Waals surface area contributed by atoms with Crippen LogP contribution in [-0.4, -0.2) is 48.9 Å². The first-order valence-electron chi connectivity index (χ1n) is 6.80. The lowest BCUT2D eigenvalue weighted by atomic mass is 10.2. The summed E-state index contributed by atoms with van der Waals surface area (Å²) < 4.78 is 6.67. The number of hydrogen-bond donors (Lipinski definition) is 0. The quantitative estimate of drug-likeness (QED) is 0.803. The van der Waals surface area contributed by atoms with Crippen molar-refractivity contribution in [1.29, 1.82) is 0 Å². The molecule has 0 aliphatic carbocycles. The Morgan fingerprint density at radius 2 is 2.05 bits per heavy atom. The Hall–Kier alpha value is -1.33. The molecule has 5 heteroatoms. The molecular weight excluding hydrogens is 320 g/mol. The van der Waals surface area contributed by atoms with Gasteiger partial charge in [-0.15, -0.1) is 0 Å². The number of carbonyl (C=O) groups excluding carboxylic acids is 1. The summed E-state index contributed by atoms with van der Waals surface area (Å²) in [5, 5.41) is 0.953. The van der Waals surface area contributed by atoms with Crippen LogP contribution < -0.4 is 0 Å². The Bertz CT molecular complexity index is 638. The van der Waals surface area contributed by atoms with Crippen LogP contribution in [0.25, 0.3) is 11.0 Å². The molecule has 106 valence electrons. The number of rotatable bonds is 1. The normalized spacial score (nSPS) is 17.4.